The number of aryl methyl sites for hydroxylation is 1. The fourth-order valence-electron chi connectivity index (χ4n) is 4.84. The number of carbonyl (C=O) groups is 2. The number of ketones is 1. The summed E-state index contributed by atoms with van der Waals surface area (Å²) in [6.45, 7) is 7.44. The minimum Gasteiger partial charge on any atom is -0.493 e. The quantitative estimate of drug-likeness (QED) is 0.326. The molecule has 1 aliphatic carbocycles. The first-order valence-electron chi connectivity index (χ1n) is 12.3. The minimum atomic E-state index is -0.624. The number of nitrogens with zero attached hydrogens (tertiary/aromatic N) is 2. The standard InChI is InChI=1S/C28H28ClFN2O5/c1-15-31-26(32-37-15)25-20(11-18(29)12-21(25)30)16-5-6-19-17(14-35-22(19)9-16)10-23(33)28(7-8-28)13-24(34)36-27(2,3)4/h5-6,9,11-12,17H,7-8,10,13-14H2,1-4H3. The van der Waals surface area contributed by atoms with E-state index in [9.17, 15) is 14.0 Å². The Labute approximate surface area is 219 Å². The fraction of sp³-hybridized carbons (Fsp3) is 0.429. The number of hydrogen-bond donors (Lipinski definition) is 0. The molecule has 1 atom stereocenters. The van der Waals surface area contributed by atoms with Gasteiger partial charge >= 0.3 is 5.97 Å². The summed E-state index contributed by atoms with van der Waals surface area (Å²) in [6.07, 6.45) is 1.79. The monoisotopic (exact) mass is 526 g/mol. The molecule has 2 aliphatic rings. The van der Waals surface area contributed by atoms with Crippen LogP contribution in [0.1, 0.15) is 63.8 Å². The first kappa shape index (κ1) is 25.4. The highest BCUT2D eigenvalue weighted by Crippen LogP contribution is 2.52. The largest absolute Gasteiger partial charge is 0.493 e. The lowest BCUT2D eigenvalue weighted by atomic mass is 9.86. The van der Waals surface area contributed by atoms with Gasteiger partial charge in [-0.25, -0.2) is 4.39 Å². The lowest BCUT2D eigenvalue weighted by Crippen LogP contribution is -2.28. The lowest BCUT2D eigenvalue weighted by molar-refractivity contribution is -0.157. The number of fused-ring (bicyclic) bond motifs is 1. The van der Waals surface area contributed by atoms with Crippen LogP contribution < -0.4 is 4.74 Å². The molecule has 3 aromatic rings. The Balaban J connectivity index is 1.36. The Morgan fingerprint density at radius 2 is 1.97 bits per heavy atom. The number of carbonyl (C=O) groups excluding carboxylic acids is 2. The molecule has 1 fully saturated rings. The highest BCUT2D eigenvalue weighted by Gasteiger charge is 2.52. The summed E-state index contributed by atoms with van der Waals surface area (Å²) in [4.78, 5) is 29.8. The zero-order valence-corrected chi connectivity index (χ0v) is 21.9. The van der Waals surface area contributed by atoms with Crippen molar-refractivity contribution < 1.29 is 28.0 Å². The van der Waals surface area contributed by atoms with Gasteiger partial charge in [0, 0.05) is 35.3 Å². The molecule has 0 saturated heterocycles. The third kappa shape index (κ3) is 5.25. The molecule has 0 N–H and O–H groups in total. The highest BCUT2D eigenvalue weighted by molar-refractivity contribution is 6.31. The molecule has 1 saturated carbocycles. The molecule has 37 heavy (non-hydrogen) atoms. The van der Waals surface area contributed by atoms with Crippen molar-refractivity contribution in [2.24, 2.45) is 5.41 Å². The van der Waals surface area contributed by atoms with Crippen LogP contribution in [-0.2, 0) is 14.3 Å². The summed E-state index contributed by atoms with van der Waals surface area (Å²) in [7, 11) is 0. The fourth-order valence-corrected chi connectivity index (χ4v) is 5.05. The van der Waals surface area contributed by atoms with E-state index < -0.39 is 16.8 Å². The summed E-state index contributed by atoms with van der Waals surface area (Å²) < 4.78 is 31.4. The molecular formula is C28H28ClFN2O5. The van der Waals surface area contributed by atoms with Crippen molar-refractivity contribution in [2.75, 3.05) is 6.61 Å². The summed E-state index contributed by atoms with van der Waals surface area (Å²) in [5.74, 6) is 0.119. The first-order chi connectivity index (χ1) is 17.4. The van der Waals surface area contributed by atoms with Crippen molar-refractivity contribution in [2.45, 2.75) is 64.9 Å². The molecule has 194 valence electrons. The van der Waals surface area contributed by atoms with Gasteiger partial charge in [-0.3, -0.25) is 9.59 Å². The van der Waals surface area contributed by atoms with E-state index in [0.29, 0.717) is 42.2 Å². The number of rotatable bonds is 7. The average molecular weight is 527 g/mol. The van der Waals surface area contributed by atoms with Crippen LogP contribution in [0.4, 0.5) is 4.39 Å². The van der Waals surface area contributed by atoms with E-state index in [-0.39, 0.29) is 46.9 Å². The van der Waals surface area contributed by atoms with Crippen LogP contribution in [0.15, 0.2) is 34.9 Å². The van der Waals surface area contributed by atoms with Crippen molar-refractivity contribution in [1.82, 2.24) is 10.1 Å². The average Bonchev–Trinajstić information content (AvgIpc) is 3.28. The maximum atomic E-state index is 15.0. The zero-order valence-electron chi connectivity index (χ0n) is 21.2. The molecule has 9 heteroatoms. The molecule has 1 aliphatic heterocycles. The highest BCUT2D eigenvalue weighted by atomic mass is 35.5. The molecule has 1 aromatic heterocycles. The van der Waals surface area contributed by atoms with Crippen molar-refractivity contribution in [1.29, 1.82) is 0 Å². The molecular weight excluding hydrogens is 499 g/mol. The van der Waals surface area contributed by atoms with Crippen LogP contribution in [0.2, 0.25) is 5.02 Å². The Kier molecular flexibility index (Phi) is 6.34. The molecule has 1 unspecified atom stereocenters. The predicted octanol–water partition coefficient (Wildman–Crippen LogP) is 6.45. The van der Waals surface area contributed by atoms with Crippen molar-refractivity contribution in [3.05, 3.63) is 52.6 Å². The first-order valence-corrected chi connectivity index (χ1v) is 12.6. The summed E-state index contributed by atoms with van der Waals surface area (Å²) in [5, 5.41) is 4.11. The van der Waals surface area contributed by atoms with E-state index in [0.717, 1.165) is 5.56 Å². The van der Waals surface area contributed by atoms with Gasteiger partial charge in [0.2, 0.25) is 11.7 Å². The number of benzene rings is 2. The van der Waals surface area contributed by atoms with Crippen molar-refractivity contribution in [3.8, 4) is 28.3 Å². The molecule has 0 spiro atoms. The van der Waals surface area contributed by atoms with Gasteiger partial charge in [0.05, 0.1) is 18.6 Å². The Morgan fingerprint density at radius 1 is 1.22 bits per heavy atom. The van der Waals surface area contributed by atoms with Gasteiger partial charge in [-0.2, -0.15) is 4.98 Å². The molecule has 2 heterocycles. The van der Waals surface area contributed by atoms with Gasteiger partial charge in [0.1, 0.15) is 23.0 Å². The topological polar surface area (TPSA) is 91.5 Å². The summed E-state index contributed by atoms with van der Waals surface area (Å²) in [6, 6.07) is 8.42. The smallest absolute Gasteiger partial charge is 0.307 e. The van der Waals surface area contributed by atoms with Gasteiger partial charge in [0.15, 0.2) is 0 Å². The second kappa shape index (κ2) is 9.24. The minimum absolute atomic E-state index is 0.0653. The van der Waals surface area contributed by atoms with E-state index in [1.165, 1.54) is 6.07 Å². The van der Waals surface area contributed by atoms with E-state index in [4.69, 9.17) is 25.6 Å². The van der Waals surface area contributed by atoms with Crippen LogP contribution in [-0.4, -0.2) is 34.1 Å². The molecule has 0 amide bonds. The van der Waals surface area contributed by atoms with Crippen LogP contribution in [0, 0.1) is 18.2 Å². The van der Waals surface area contributed by atoms with Crippen molar-refractivity contribution >= 4 is 23.4 Å². The number of esters is 1. The Bertz CT molecular complexity index is 1390. The van der Waals surface area contributed by atoms with E-state index in [1.807, 2.05) is 39.0 Å². The molecule has 0 bridgehead atoms. The summed E-state index contributed by atoms with van der Waals surface area (Å²) >= 11 is 6.18. The Morgan fingerprint density at radius 3 is 2.62 bits per heavy atom. The van der Waals surface area contributed by atoms with Crippen LogP contribution in [0.5, 0.6) is 5.75 Å². The van der Waals surface area contributed by atoms with E-state index in [2.05, 4.69) is 10.1 Å². The van der Waals surface area contributed by atoms with Gasteiger partial charge in [-0.1, -0.05) is 28.9 Å². The number of aromatic nitrogens is 2. The maximum absolute atomic E-state index is 15.0. The van der Waals surface area contributed by atoms with E-state index >= 15 is 0 Å². The van der Waals surface area contributed by atoms with Gasteiger partial charge in [0.25, 0.3) is 0 Å². The Hall–Kier alpha value is -3.26. The van der Waals surface area contributed by atoms with Crippen LogP contribution in [0.3, 0.4) is 0 Å². The predicted molar refractivity (Wildman–Crippen MR) is 135 cm³/mol. The second-order valence-electron chi connectivity index (χ2n) is 10.9. The zero-order chi connectivity index (χ0) is 26.5. The normalized spacial score (nSPS) is 17.7. The third-order valence-electron chi connectivity index (χ3n) is 6.79. The third-order valence-corrected chi connectivity index (χ3v) is 7.01. The maximum Gasteiger partial charge on any atom is 0.307 e. The van der Waals surface area contributed by atoms with Gasteiger partial charge in [-0.15, -0.1) is 0 Å². The molecule has 5 rings (SSSR count). The van der Waals surface area contributed by atoms with Crippen LogP contribution >= 0.6 is 11.6 Å². The number of Topliss-reactive ketones (excluding diaryl/α,β-unsaturated/α-hetero) is 1. The number of ether oxygens (including phenoxy) is 2. The SMILES string of the molecule is Cc1nc(-c2c(F)cc(Cl)cc2-c2ccc3c(c2)OCC3CC(=O)C2(CC(=O)OC(C)(C)C)CC2)no1. The van der Waals surface area contributed by atoms with Crippen molar-refractivity contribution in [3.63, 3.8) is 0 Å². The van der Waals surface area contributed by atoms with Crippen LogP contribution in [0.25, 0.3) is 22.5 Å². The number of hydrogen-bond acceptors (Lipinski definition) is 7. The molecule has 0 radical (unpaired) electrons. The van der Waals surface area contributed by atoms with E-state index in [1.54, 1.807) is 13.0 Å². The van der Waals surface area contributed by atoms with Gasteiger partial charge < -0.3 is 14.0 Å². The summed E-state index contributed by atoms with van der Waals surface area (Å²) in [5.41, 5.74) is 1.06. The number of halogens is 2. The lowest BCUT2D eigenvalue weighted by Gasteiger charge is -2.22. The van der Waals surface area contributed by atoms with Gasteiger partial charge in [-0.05, 0) is 62.9 Å². The second-order valence-corrected chi connectivity index (χ2v) is 11.3. The molecule has 2 aromatic carbocycles. The molecule has 7 nitrogen and oxygen atoms in total.